The molecule has 0 N–H and O–H groups in total. The van der Waals surface area contributed by atoms with Crippen LogP contribution in [0.15, 0.2) is 18.2 Å². The molecule has 1 aromatic rings. The van der Waals surface area contributed by atoms with Crippen LogP contribution in [0.5, 0.6) is 0 Å². The smallest absolute Gasteiger partial charge is 0.314 e. The summed E-state index contributed by atoms with van der Waals surface area (Å²) in [6, 6.07) is 5.06. The van der Waals surface area contributed by atoms with Crippen LogP contribution in [0.1, 0.15) is 36.8 Å². The van der Waals surface area contributed by atoms with Gasteiger partial charge in [-0.15, -0.1) is 0 Å². The fourth-order valence-electron chi connectivity index (χ4n) is 3.18. The van der Waals surface area contributed by atoms with Crippen molar-refractivity contribution in [3.05, 3.63) is 29.3 Å². The Morgan fingerprint density at radius 3 is 2.36 bits per heavy atom. The summed E-state index contributed by atoms with van der Waals surface area (Å²) in [4.78, 5) is 26.0. The molecule has 1 saturated carbocycles. The Morgan fingerprint density at radius 2 is 1.88 bits per heavy atom. The molecule has 1 aliphatic carbocycles. The summed E-state index contributed by atoms with van der Waals surface area (Å²) in [6.45, 7) is 1.30. The Hall–Kier alpha value is -2.36. The van der Waals surface area contributed by atoms with Crippen molar-refractivity contribution in [2.75, 3.05) is 11.9 Å². The van der Waals surface area contributed by atoms with Crippen LogP contribution in [-0.2, 0) is 15.8 Å². The maximum absolute atomic E-state index is 12.8. The van der Waals surface area contributed by atoms with Crippen LogP contribution in [0.25, 0.3) is 0 Å². The Balaban J connectivity index is 2.22. The van der Waals surface area contributed by atoms with Gasteiger partial charge in [-0.1, -0.05) is 12.8 Å². The van der Waals surface area contributed by atoms with E-state index >= 15 is 0 Å². The second-order valence-corrected chi connectivity index (χ2v) is 6.34. The fraction of sp³-hybridized carbons (Fsp3) is 0.500. The maximum atomic E-state index is 12.8. The van der Waals surface area contributed by atoms with Crippen molar-refractivity contribution < 1.29 is 22.8 Å². The van der Waals surface area contributed by atoms with Gasteiger partial charge in [-0.2, -0.15) is 18.4 Å². The topological polar surface area (TPSA) is 61.2 Å². The molecule has 1 atom stereocenters. The van der Waals surface area contributed by atoms with Gasteiger partial charge in [-0.3, -0.25) is 9.59 Å². The van der Waals surface area contributed by atoms with Gasteiger partial charge < -0.3 is 4.90 Å². The molecule has 1 aliphatic rings. The number of alkyl halides is 3. The summed E-state index contributed by atoms with van der Waals surface area (Å²) in [6.07, 6.45) is -1.33. The highest BCUT2D eigenvalue weighted by atomic mass is 19.4. The zero-order valence-electron chi connectivity index (χ0n) is 14.1. The first kappa shape index (κ1) is 19.0. The summed E-state index contributed by atoms with van der Waals surface area (Å²) in [5, 5.41) is 9.26. The molecule has 1 aromatic carbocycles. The minimum absolute atomic E-state index is 0.0275. The van der Waals surface area contributed by atoms with Crippen LogP contribution in [0.3, 0.4) is 0 Å². The van der Waals surface area contributed by atoms with E-state index in [1.807, 2.05) is 0 Å². The average molecular weight is 352 g/mol. The Kier molecular flexibility index (Phi) is 5.51. The number of nitrogens with zero attached hydrogens (tertiary/aromatic N) is 2. The number of hydrogen-bond acceptors (Lipinski definition) is 3. The van der Waals surface area contributed by atoms with E-state index in [0.29, 0.717) is 12.8 Å². The molecule has 25 heavy (non-hydrogen) atoms. The number of anilines is 1. The largest absolute Gasteiger partial charge is 0.416 e. The minimum atomic E-state index is -4.47. The van der Waals surface area contributed by atoms with Crippen molar-refractivity contribution in [3.8, 4) is 6.07 Å². The molecule has 7 heteroatoms. The number of benzene rings is 1. The number of aryl methyl sites for hydroxylation is 1. The Bertz CT molecular complexity index is 716. The molecular formula is C18H19F3N2O2. The number of nitriles is 1. The molecule has 0 radical (unpaired) electrons. The maximum Gasteiger partial charge on any atom is 0.416 e. The number of amides is 1. The number of carbonyl (C=O) groups excluding carboxylic acids is 2. The van der Waals surface area contributed by atoms with Crippen molar-refractivity contribution in [2.45, 2.75) is 38.8 Å². The standard InChI is InChI=1S/C18H19F3N2O2/c1-11-9-13(7-8-15(11)18(19,20)21)23(2)17(25)14(10-22)16(24)12-5-3-4-6-12/h7-9,12,14H,3-6H2,1-2H3. The van der Waals surface area contributed by atoms with Crippen LogP contribution in [0.2, 0.25) is 0 Å². The summed E-state index contributed by atoms with van der Waals surface area (Å²) >= 11 is 0. The lowest BCUT2D eigenvalue weighted by Gasteiger charge is -2.22. The van der Waals surface area contributed by atoms with Gasteiger partial charge in [-0.05, 0) is 43.5 Å². The van der Waals surface area contributed by atoms with Crippen molar-refractivity contribution in [1.82, 2.24) is 0 Å². The summed E-state index contributed by atoms with van der Waals surface area (Å²) in [5.74, 6) is -2.80. The van der Waals surface area contributed by atoms with E-state index < -0.39 is 23.6 Å². The van der Waals surface area contributed by atoms with Gasteiger partial charge >= 0.3 is 6.18 Å². The number of rotatable bonds is 4. The average Bonchev–Trinajstić information content (AvgIpc) is 3.07. The second-order valence-electron chi connectivity index (χ2n) is 6.34. The van der Waals surface area contributed by atoms with Gasteiger partial charge in [0.15, 0.2) is 11.7 Å². The molecular weight excluding hydrogens is 333 g/mol. The fourth-order valence-corrected chi connectivity index (χ4v) is 3.18. The molecule has 1 unspecified atom stereocenters. The molecule has 0 spiro atoms. The van der Waals surface area contributed by atoms with Crippen LogP contribution in [0, 0.1) is 30.1 Å². The predicted molar refractivity (Wildman–Crippen MR) is 85.7 cm³/mol. The highest BCUT2D eigenvalue weighted by Gasteiger charge is 2.36. The summed E-state index contributed by atoms with van der Waals surface area (Å²) in [7, 11) is 1.36. The van der Waals surface area contributed by atoms with Gasteiger partial charge in [0, 0.05) is 18.7 Å². The van der Waals surface area contributed by atoms with E-state index in [1.54, 1.807) is 6.07 Å². The van der Waals surface area contributed by atoms with Crippen LogP contribution < -0.4 is 4.90 Å². The second kappa shape index (κ2) is 7.26. The lowest BCUT2D eigenvalue weighted by atomic mass is 9.91. The van der Waals surface area contributed by atoms with Crippen molar-refractivity contribution in [2.24, 2.45) is 11.8 Å². The van der Waals surface area contributed by atoms with Crippen molar-refractivity contribution >= 4 is 17.4 Å². The Labute approximate surface area is 144 Å². The highest BCUT2D eigenvalue weighted by Crippen LogP contribution is 2.34. The molecule has 0 aromatic heterocycles. The van der Waals surface area contributed by atoms with Gasteiger partial charge in [0.1, 0.15) is 0 Å². The molecule has 1 fully saturated rings. The van der Waals surface area contributed by atoms with E-state index in [1.165, 1.54) is 26.1 Å². The molecule has 0 aliphatic heterocycles. The minimum Gasteiger partial charge on any atom is -0.314 e. The first-order valence-electron chi connectivity index (χ1n) is 8.05. The molecule has 0 heterocycles. The quantitative estimate of drug-likeness (QED) is 0.773. The van der Waals surface area contributed by atoms with Gasteiger partial charge in [0.2, 0.25) is 0 Å². The SMILES string of the molecule is Cc1cc(N(C)C(=O)C(C#N)C(=O)C2CCCC2)ccc1C(F)(F)F. The Morgan fingerprint density at radius 1 is 1.28 bits per heavy atom. The van der Waals surface area contributed by atoms with E-state index in [0.717, 1.165) is 23.8 Å². The van der Waals surface area contributed by atoms with Gasteiger partial charge in [0.25, 0.3) is 5.91 Å². The molecule has 1 amide bonds. The van der Waals surface area contributed by atoms with E-state index in [4.69, 9.17) is 0 Å². The van der Waals surface area contributed by atoms with Crippen molar-refractivity contribution in [3.63, 3.8) is 0 Å². The molecule has 4 nitrogen and oxygen atoms in total. The zero-order valence-corrected chi connectivity index (χ0v) is 14.1. The zero-order chi connectivity index (χ0) is 18.8. The van der Waals surface area contributed by atoms with Crippen LogP contribution in [0.4, 0.5) is 18.9 Å². The predicted octanol–water partition coefficient (Wildman–Crippen LogP) is 3.88. The van der Waals surface area contributed by atoms with E-state index in [2.05, 4.69) is 0 Å². The number of Topliss-reactive ketones (excluding diaryl/α,β-unsaturated/α-hetero) is 1. The van der Waals surface area contributed by atoms with Gasteiger partial charge in [0.05, 0.1) is 11.6 Å². The number of ketones is 1. The van der Waals surface area contributed by atoms with E-state index in [9.17, 15) is 28.0 Å². The third kappa shape index (κ3) is 4.01. The van der Waals surface area contributed by atoms with Crippen LogP contribution >= 0.6 is 0 Å². The highest BCUT2D eigenvalue weighted by molar-refractivity contribution is 6.11. The number of carbonyl (C=O) groups is 2. The van der Waals surface area contributed by atoms with Crippen molar-refractivity contribution in [1.29, 1.82) is 5.26 Å². The summed E-state index contributed by atoms with van der Waals surface area (Å²) < 4.78 is 38.5. The molecule has 2 rings (SSSR count). The monoisotopic (exact) mass is 352 g/mol. The first-order chi connectivity index (χ1) is 11.7. The van der Waals surface area contributed by atoms with E-state index in [-0.39, 0.29) is 23.0 Å². The van der Waals surface area contributed by atoms with Crippen LogP contribution in [-0.4, -0.2) is 18.7 Å². The number of hydrogen-bond donors (Lipinski definition) is 0. The molecule has 0 bridgehead atoms. The van der Waals surface area contributed by atoms with Gasteiger partial charge in [-0.25, -0.2) is 0 Å². The molecule has 134 valence electrons. The normalized spacial score (nSPS) is 16.3. The third-order valence-electron chi connectivity index (χ3n) is 4.65. The first-order valence-corrected chi connectivity index (χ1v) is 8.05. The third-order valence-corrected chi connectivity index (χ3v) is 4.65. The lowest BCUT2D eigenvalue weighted by Crippen LogP contribution is -2.38. The summed E-state index contributed by atoms with van der Waals surface area (Å²) in [5.41, 5.74) is -0.591. The lowest BCUT2D eigenvalue weighted by molar-refractivity contribution is -0.138. The molecule has 0 saturated heterocycles. The number of halogens is 3.